The molecule has 1 atom stereocenters. The van der Waals surface area contributed by atoms with Crippen LogP contribution in [0, 0.1) is 0 Å². The van der Waals surface area contributed by atoms with Crippen molar-refractivity contribution in [1.82, 2.24) is 5.16 Å². The number of benzene rings is 1. The van der Waals surface area contributed by atoms with Crippen LogP contribution in [0.5, 0.6) is 0 Å². The number of nitrogens with zero attached hydrogens (tertiary/aromatic N) is 2. The summed E-state index contributed by atoms with van der Waals surface area (Å²) >= 11 is 6.08. The Balaban J connectivity index is 1.89. The Labute approximate surface area is 136 Å². The zero-order valence-electron chi connectivity index (χ0n) is 11.1. The Morgan fingerprint density at radius 1 is 1.32 bits per heavy atom. The lowest BCUT2D eigenvalue weighted by Gasteiger charge is -2.10. The number of carbonyl (C=O) groups is 1. The third-order valence-electron chi connectivity index (χ3n) is 3.40. The maximum absolute atomic E-state index is 11.9. The molecular weight excluding hydrogens is 351 g/mol. The molecule has 0 radical (unpaired) electrons. The van der Waals surface area contributed by atoms with Crippen molar-refractivity contribution < 1.29 is 17.7 Å². The molecule has 2 aromatic rings. The molecule has 0 N–H and O–H groups in total. The number of anilines is 1. The van der Waals surface area contributed by atoms with Gasteiger partial charge in [-0.1, -0.05) is 35.0 Å². The number of carbonyl (C=O) groups excluding carboxylic acids is 1. The second kappa shape index (κ2) is 5.57. The highest BCUT2D eigenvalue weighted by atomic mass is 35.7. The second-order valence-electron chi connectivity index (χ2n) is 4.84. The van der Waals surface area contributed by atoms with Crippen LogP contribution in [0.4, 0.5) is 5.88 Å². The van der Waals surface area contributed by atoms with E-state index in [2.05, 4.69) is 5.16 Å². The average Bonchev–Trinajstić information content (AvgIpc) is 3.05. The minimum absolute atomic E-state index is 0.0537. The fraction of sp³-hybridized carbons (Fsp3) is 0.231. The van der Waals surface area contributed by atoms with Gasteiger partial charge in [0, 0.05) is 35.3 Å². The highest BCUT2D eigenvalue weighted by Gasteiger charge is 2.39. The molecule has 1 saturated heterocycles. The summed E-state index contributed by atoms with van der Waals surface area (Å²) < 4.78 is 27.8. The van der Waals surface area contributed by atoms with Crippen molar-refractivity contribution in [2.24, 2.45) is 0 Å². The van der Waals surface area contributed by atoms with Crippen LogP contribution in [0.1, 0.15) is 6.42 Å². The predicted octanol–water partition coefficient (Wildman–Crippen LogP) is 2.67. The molecule has 3 rings (SSSR count). The van der Waals surface area contributed by atoms with Crippen LogP contribution in [0.3, 0.4) is 0 Å². The van der Waals surface area contributed by atoms with Crippen LogP contribution in [0.15, 0.2) is 34.9 Å². The average molecular weight is 361 g/mol. The smallest absolute Gasteiger partial charge is 0.237 e. The molecule has 1 amide bonds. The normalized spacial score (nSPS) is 18.9. The van der Waals surface area contributed by atoms with Crippen molar-refractivity contribution in [3.05, 3.63) is 35.4 Å². The monoisotopic (exact) mass is 360 g/mol. The number of aromatic nitrogens is 1. The minimum Gasteiger partial charge on any atom is -0.338 e. The highest BCUT2D eigenvalue weighted by Crippen LogP contribution is 2.32. The van der Waals surface area contributed by atoms with Gasteiger partial charge < -0.3 is 4.52 Å². The molecule has 9 heteroatoms. The molecular formula is C13H10Cl2N2O4S. The van der Waals surface area contributed by atoms with Gasteiger partial charge in [-0.3, -0.25) is 9.69 Å². The lowest BCUT2D eigenvalue weighted by molar-refractivity contribution is -0.117. The zero-order chi connectivity index (χ0) is 15.9. The largest absolute Gasteiger partial charge is 0.338 e. The van der Waals surface area contributed by atoms with Crippen molar-refractivity contribution in [1.29, 1.82) is 0 Å². The van der Waals surface area contributed by atoms with Crippen LogP contribution < -0.4 is 4.90 Å². The maximum Gasteiger partial charge on any atom is 0.237 e. The van der Waals surface area contributed by atoms with Gasteiger partial charge in [0.25, 0.3) is 0 Å². The Hall–Kier alpha value is -1.57. The molecule has 0 spiro atoms. The van der Waals surface area contributed by atoms with Gasteiger partial charge in [0.1, 0.15) is 10.9 Å². The lowest BCUT2D eigenvalue weighted by Crippen LogP contribution is -2.26. The molecule has 1 aliphatic rings. The molecule has 1 fully saturated rings. The lowest BCUT2D eigenvalue weighted by atomic mass is 10.1. The minimum atomic E-state index is -3.80. The summed E-state index contributed by atoms with van der Waals surface area (Å²) in [4.78, 5) is 13.2. The molecule has 116 valence electrons. The summed E-state index contributed by atoms with van der Waals surface area (Å²) in [6.45, 7) is -0.0537. The maximum atomic E-state index is 11.9. The molecule has 1 aromatic heterocycles. The number of amides is 1. The van der Waals surface area contributed by atoms with Crippen molar-refractivity contribution in [2.75, 3.05) is 11.4 Å². The zero-order valence-corrected chi connectivity index (χ0v) is 13.4. The number of hydrogen-bond acceptors (Lipinski definition) is 5. The molecule has 0 bridgehead atoms. The third kappa shape index (κ3) is 2.84. The van der Waals surface area contributed by atoms with Crippen molar-refractivity contribution in [3.8, 4) is 11.3 Å². The summed E-state index contributed by atoms with van der Waals surface area (Å²) in [5.74, 6) is -0.209. The van der Waals surface area contributed by atoms with Gasteiger partial charge in [0.2, 0.25) is 20.8 Å². The van der Waals surface area contributed by atoms with E-state index >= 15 is 0 Å². The van der Waals surface area contributed by atoms with E-state index in [4.69, 9.17) is 26.8 Å². The summed E-state index contributed by atoms with van der Waals surface area (Å²) in [6.07, 6.45) is -0.173. The van der Waals surface area contributed by atoms with E-state index in [0.29, 0.717) is 16.3 Å². The van der Waals surface area contributed by atoms with Gasteiger partial charge in [0.05, 0.1) is 5.02 Å². The predicted molar refractivity (Wildman–Crippen MR) is 82.5 cm³/mol. The van der Waals surface area contributed by atoms with Crippen LogP contribution >= 0.6 is 22.3 Å². The van der Waals surface area contributed by atoms with Gasteiger partial charge in [-0.15, -0.1) is 0 Å². The topological polar surface area (TPSA) is 80.5 Å². The summed E-state index contributed by atoms with van der Waals surface area (Å²) in [7, 11) is 1.51. The highest BCUT2D eigenvalue weighted by molar-refractivity contribution is 8.14. The van der Waals surface area contributed by atoms with Crippen molar-refractivity contribution in [2.45, 2.75) is 11.7 Å². The molecule has 2 heterocycles. The summed E-state index contributed by atoms with van der Waals surface area (Å²) in [5, 5.41) is 3.43. The summed E-state index contributed by atoms with van der Waals surface area (Å²) in [6, 6.07) is 8.60. The molecule has 1 aliphatic heterocycles. The first-order chi connectivity index (χ1) is 10.4. The number of hydrogen-bond donors (Lipinski definition) is 0. The summed E-state index contributed by atoms with van der Waals surface area (Å²) in [5.41, 5.74) is 1.12. The standard InChI is InChI=1S/C13H10Cl2N2O4S/c14-10-4-2-1-3-9(10)11-6-13(21-16-11)17-7-8(5-12(17)18)22(15,19)20/h1-4,6,8H,5,7H2. The van der Waals surface area contributed by atoms with Crippen molar-refractivity contribution in [3.63, 3.8) is 0 Å². The fourth-order valence-corrected chi connectivity index (χ4v) is 3.52. The van der Waals surface area contributed by atoms with Gasteiger partial charge >= 0.3 is 0 Å². The van der Waals surface area contributed by atoms with E-state index in [1.807, 2.05) is 0 Å². The van der Waals surface area contributed by atoms with Crippen LogP contribution in [0.25, 0.3) is 11.3 Å². The Morgan fingerprint density at radius 2 is 2.05 bits per heavy atom. The van der Waals surface area contributed by atoms with Crippen LogP contribution in [0.2, 0.25) is 5.02 Å². The van der Waals surface area contributed by atoms with Gasteiger partial charge in [-0.05, 0) is 6.07 Å². The van der Waals surface area contributed by atoms with E-state index < -0.39 is 14.3 Å². The van der Waals surface area contributed by atoms with Crippen LogP contribution in [-0.4, -0.2) is 31.3 Å². The van der Waals surface area contributed by atoms with E-state index in [0.717, 1.165) is 0 Å². The Bertz CT molecular complexity index is 834. The van der Waals surface area contributed by atoms with Gasteiger partial charge in [-0.25, -0.2) is 8.42 Å². The first-order valence-corrected chi connectivity index (χ1v) is 9.07. The van der Waals surface area contributed by atoms with E-state index in [1.54, 1.807) is 30.3 Å². The first kappa shape index (κ1) is 15.3. The van der Waals surface area contributed by atoms with Gasteiger partial charge in [0.15, 0.2) is 0 Å². The Morgan fingerprint density at radius 3 is 2.68 bits per heavy atom. The molecule has 22 heavy (non-hydrogen) atoms. The second-order valence-corrected chi connectivity index (χ2v) is 8.15. The molecule has 6 nitrogen and oxygen atoms in total. The number of halogens is 2. The fourth-order valence-electron chi connectivity index (χ4n) is 2.27. The number of rotatable bonds is 3. The molecule has 0 aliphatic carbocycles. The van der Waals surface area contributed by atoms with E-state index in [-0.39, 0.29) is 24.8 Å². The molecule has 1 aromatic carbocycles. The SMILES string of the molecule is O=C1CC(S(=O)(=O)Cl)CN1c1cc(-c2ccccc2Cl)no1. The van der Waals surface area contributed by atoms with Crippen LogP contribution in [-0.2, 0) is 13.8 Å². The molecule has 1 unspecified atom stereocenters. The quantitative estimate of drug-likeness (QED) is 0.786. The first-order valence-electron chi connectivity index (χ1n) is 6.31. The van der Waals surface area contributed by atoms with E-state index in [1.165, 1.54) is 4.90 Å². The van der Waals surface area contributed by atoms with E-state index in [9.17, 15) is 13.2 Å². The van der Waals surface area contributed by atoms with Crippen molar-refractivity contribution >= 4 is 43.1 Å². The third-order valence-corrected chi connectivity index (χ3v) is 5.60. The van der Waals surface area contributed by atoms with Gasteiger partial charge in [-0.2, -0.15) is 0 Å². The Kier molecular flexibility index (Phi) is 3.88. The molecule has 0 saturated carbocycles.